The number of carbonyl (C=O) groups is 2. The predicted molar refractivity (Wildman–Crippen MR) is 101 cm³/mol. The van der Waals surface area contributed by atoms with Crippen molar-refractivity contribution in [1.82, 2.24) is 0 Å². The third kappa shape index (κ3) is 5.68. The molecule has 0 radical (unpaired) electrons. The first-order chi connectivity index (χ1) is 13.9. The van der Waals surface area contributed by atoms with Gasteiger partial charge in [-0.05, 0) is 35.9 Å². The Hall–Kier alpha value is -3.62. The molecule has 0 aliphatic heterocycles. The van der Waals surface area contributed by atoms with Crippen LogP contribution in [-0.4, -0.2) is 39.8 Å². The van der Waals surface area contributed by atoms with Crippen molar-refractivity contribution in [3.63, 3.8) is 0 Å². The lowest BCUT2D eigenvalue weighted by atomic mass is 10.1. The molecular formula is C20H19F2NO6. The molecule has 0 saturated carbocycles. The van der Waals surface area contributed by atoms with E-state index in [0.717, 1.165) is 24.3 Å². The highest BCUT2D eigenvalue weighted by atomic mass is 19.1. The van der Waals surface area contributed by atoms with Gasteiger partial charge in [0.05, 0.1) is 21.3 Å². The number of benzene rings is 2. The van der Waals surface area contributed by atoms with E-state index in [2.05, 4.69) is 0 Å². The van der Waals surface area contributed by atoms with Gasteiger partial charge in [-0.25, -0.2) is 13.6 Å². The summed E-state index contributed by atoms with van der Waals surface area (Å²) in [4.78, 5) is 23.6. The van der Waals surface area contributed by atoms with Crippen LogP contribution in [0, 0.1) is 11.6 Å². The number of ether oxygens (including phenoxy) is 4. The van der Waals surface area contributed by atoms with Crippen LogP contribution in [-0.2, 0) is 14.3 Å². The number of methoxy groups -OCH3 is 3. The molecule has 2 aromatic rings. The average molecular weight is 407 g/mol. The van der Waals surface area contributed by atoms with Crippen molar-refractivity contribution in [3.05, 3.63) is 53.6 Å². The predicted octanol–water partition coefficient (Wildman–Crippen LogP) is 3.19. The maximum absolute atomic E-state index is 13.5. The van der Waals surface area contributed by atoms with Crippen molar-refractivity contribution < 1.29 is 37.3 Å². The van der Waals surface area contributed by atoms with E-state index in [1.165, 1.54) is 27.4 Å². The first kappa shape index (κ1) is 21.7. The molecule has 9 heteroatoms. The molecule has 0 fully saturated rings. The lowest BCUT2D eigenvalue weighted by Crippen LogP contribution is -2.21. The van der Waals surface area contributed by atoms with Crippen molar-refractivity contribution >= 4 is 23.6 Å². The minimum absolute atomic E-state index is 0.395. The zero-order valence-corrected chi connectivity index (χ0v) is 16.0. The molecule has 2 aromatic carbocycles. The van der Waals surface area contributed by atoms with Crippen LogP contribution >= 0.6 is 0 Å². The minimum Gasteiger partial charge on any atom is -0.493 e. The first-order valence-corrected chi connectivity index (χ1v) is 8.28. The zero-order chi connectivity index (χ0) is 21.4. The number of halogens is 2. The Kier molecular flexibility index (Phi) is 7.53. The molecule has 0 aromatic heterocycles. The van der Waals surface area contributed by atoms with Gasteiger partial charge in [0.25, 0.3) is 5.91 Å². The van der Waals surface area contributed by atoms with Crippen LogP contribution in [0.3, 0.4) is 0 Å². The maximum atomic E-state index is 13.5. The van der Waals surface area contributed by atoms with Gasteiger partial charge in [-0.15, -0.1) is 0 Å². The summed E-state index contributed by atoms with van der Waals surface area (Å²) >= 11 is 0. The van der Waals surface area contributed by atoms with Gasteiger partial charge in [0.1, 0.15) is 17.3 Å². The lowest BCUT2D eigenvalue weighted by molar-refractivity contribution is -0.142. The summed E-state index contributed by atoms with van der Waals surface area (Å²) in [7, 11) is 4.37. The third-order valence-corrected chi connectivity index (χ3v) is 3.67. The quantitative estimate of drug-likeness (QED) is 0.535. The highest BCUT2D eigenvalue weighted by Crippen LogP contribution is 2.38. The van der Waals surface area contributed by atoms with Crippen molar-refractivity contribution in [2.45, 2.75) is 0 Å². The van der Waals surface area contributed by atoms with Gasteiger partial charge >= 0.3 is 5.97 Å². The molecular weight excluding hydrogens is 388 g/mol. The summed E-state index contributed by atoms with van der Waals surface area (Å²) in [6, 6.07) is 6.36. The number of para-hydroxylation sites is 1. The second-order valence-corrected chi connectivity index (χ2v) is 5.54. The Bertz CT molecular complexity index is 884. The van der Waals surface area contributed by atoms with Crippen LogP contribution < -0.4 is 19.5 Å². The summed E-state index contributed by atoms with van der Waals surface area (Å²) in [5.41, 5.74) is -0.0594. The molecule has 0 aliphatic rings. The molecule has 7 nitrogen and oxygen atoms in total. The lowest BCUT2D eigenvalue weighted by Gasteiger charge is -2.12. The van der Waals surface area contributed by atoms with Gasteiger partial charge in [0.2, 0.25) is 5.75 Å². The number of amides is 1. The number of rotatable bonds is 8. The van der Waals surface area contributed by atoms with Crippen LogP contribution in [0.15, 0.2) is 36.4 Å². The second kappa shape index (κ2) is 10.1. The van der Waals surface area contributed by atoms with Gasteiger partial charge in [-0.3, -0.25) is 4.79 Å². The zero-order valence-electron chi connectivity index (χ0n) is 16.0. The van der Waals surface area contributed by atoms with Gasteiger partial charge in [0.15, 0.2) is 18.1 Å². The molecule has 0 heterocycles. The fourth-order valence-electron chi connectivity index (χ4n) is 2.34. The molecule has 0 bridgehead atoms. The largest absolute Gasteiger partial charge is 0.493 e. The summed E-state index contributed by atoms with van der Waals surface area (Å²) in [6.45, 7) is -0.716. The van der Waals surface area contributed by atoms with Gasteiger partial charge in [-0.1, -0.05) is 6.07 Å². The highest BCUT2D eigenvalue weighted by Gasteiger charge is 2.14. The molecule has 1 N–H and O–H groups in total. The molecule has 0 spiro atoms. The molecule has 0 unspecified atom stereocenters. The Morgan fingerprint density at radius 1 is 1.00 bits per heavy atom. The van der Waals surface area contributed by atoms with E-state index >= 15 is 0 Å². The second-order valence-electron chi connectivity index (χ2n) is 5.54. The van der Waals surface area contributed by atoms with E-state index < -0.39 is 35.8 Å². The van der Waals surface area contributed by atoms with E-state index in [9.17, 15) is 18.4 Å². The fourth-order valence-corrected chi connectivity index (χ4v) is 2.34. The Labute approximate surface area is 165 Å². The van der Waals surface area contributed by atoms with E-state index in [1.807, 2.05) is 5.32 Å². The highest BCUT2D eigenvalue weighted by molar-refractivity contribution is 5.94. The molecule has 1 amide bonds. The van der Waals surface area contributed by atoms with Crippen LogP contribution in [0.1, 0.15) is 5.56 Å². The van der Waals surface area contributed by atoms with Crippen molar-refractivity contribution in [1.29, 1.82) is 0 Å². The van der Waals surface area contributed by atoms with Crippen molar-refractivity contribution in [2.24, 2.45) is 0 Å². The standard InChI is InChI=1S/C20H19F2NO6/c1-26-15-9-12(10-16(27-2)20(15)28-3)7-8-18(25)29-11-17(24)23-19-13(21)5-4-6-14(19)22/h4-10H,11H2,1-3H3,(H,23,24)/b8-7+. The summed E-state index contributed by atoms with van der Waals surface area (Å²) < 4.78 is 47.4. The van der Waals surface area contributed by atoms with E-state index in [0.29, 0.717) is 22.8 Å². The van der Waals surface area contributed by atoms with E-state index in [1.54, 1.807) is 12.1 Å². The van der Waals surface area contributed by atoms with E-state index in [-0.39, 0.29) is 0 Å². The van der Waals surface area contributed by atoms with Crippen LogP contribution in [0.4, 0.5) is 14.5 Å². The molecule has 0 aliphatic carbocycles. The molecule has 29 heavy (non-hydrogen) atoms. The molecule has 2 rings (SSSR count). The van der Waals surface area contributed by atoms with Crippen molar-refractivity contribution in [2.75, 3.05) is 33.3 Å². The average Bonchev–Trinajstić information content (AvgIpc) is 2.72. The first-order valence-electron chi connectivity index (χ1n) is 8.28. The Balaban J connectivity index is 1.98. The summed E-state index contributed by atoms with van der Waals surface area (Å²) in [6.07, 6.45) is 2.50. The molecule has 0 saturated heterocycles. The summed E-state index contributed by atoms with van der Waals surface area (Å²) in [5.74, 6) is -2.41. The topological polar surface area (TPSA) is 83.1 Å². The van der Waals surface area contributed by atoms with Crippen LogP contribution in [0.25, 0.3) is 6.08 Å². The van der Waals surface area contributed by atoms with E-state index in [4.69, 9.17) is 18.9 Å². The fraction of sp³-hybridized carbons (Fsp3) is 0.200. The van der Waals surface area contributed by atoms with Gasteiger partial charge in [0, 0.05) is 6.08 Å². The normalized spacial score (nSPS) is 10.5. The van der Waals surface area contributed by atoms with Crippen LogP contribution in [0.5, 0.6) is 17.2 Å². The number of carbonyl (C=O) groups excluding carboxylic acids is 2. The number of anilines is 1. The minimum atomic E-state index is -0.938. The Morgan fingerprint density at radius 3 is 2.10 bits per heavy atom. The number of hydrogen-bond acceptors (Lipinski definition) is 6. The monoisotopic (exact) mass is 407 g/mol. The maximum Gasteiger partial charge on any atom is 0.331 e. The molecule has 0 atom stereocenters. The third-order valence-electron chi connectivity index (χ3n) is 3.67. The SMILES string of the molecule is COc1cc(/C=C/C(=O)OCC(=O)Nc2c(F)cccc2F)cc(OC)c1OC. The number of hydrogen-bond donors (Lipinski definition) is 1. The van der Waals surface area contributed by atoms with Crippen molar-refractivity contribution in [3.8, 4) is 17.2 Å². The summed E-state index contributed by atoms with van der Waals surface area (Å²) in [5, 5.41) is 2.01. The molecule has 154 valence electrons. The smallest absolute Gasteiger partial charge is 0.331 e. The number of nitrogens with one attached hydrogen (secondary N) is 1. The number of esters is 1. The van der Waals surface area contributed by atoms with Crippen LogP contribution in [0.2, 0.25) is 0 Å². The van der Waals surface area contributed by atoms with Gasteiger partial charge in [-0.2, -0.15) is 0 Å². The van der Waals surface area contributed by atoms with Gasteiger partial charge < -0.3 is 24.3 Å². The Morgan fingerprint density at radius 2 is 1.59 bits per heavy atom.